The van der Waals surface area contributed by atoms with Crippen molar-refractivity contribution in [2.75, 3.05) is 19.0 Å². The van der Waals surface area contributed by atoms with Crippen LogP contribution in [-0.2, 0) is 0 Å². The molecule has 0 aromatic heterocycles. The molecule has 0 fully saturated rings. The van der Waals surface area contributed by atoms with Crippen LogP contribution in [0.25, 0.3) is 0 Å². The van der Waals surface area contributed by atoms with Crippen LogP contribution >= 0.6 is 17.2 Å². The molecule has 0 amide bonds. The van der Waals surface area contributed by atoms with Crippen molar-refractivity contribution < 1.29 is 25.5 Å². The molecular weight excluding hydrogens is 267 g/mol. The van der Waals surface area contributed by atoms with Crippen molar-refractivity contribution in [2.24, 2.45) is 0 Å². The van der Waals surface area contributed by atoms with Gasteiger partial charge in [0.05, 0.1) is 0 Å². The van der Waals surface area contributed by atoms with Crippen molar-refractivity contribution in [1.29, 1.82) is 0 Å². The van der Waals surface area contributed by atoms with Crippen LogP contribution in [0.2, 0.25) is 0 Å². The van der Waals surface area contributed by atoms with E-state index in [1.165, 1.54) is 24.3 Å². The topological polar surface area (TPSA) is 101 Å². The number of aliphatic hydroxyl groups is 4. The van der Waals surface area contributed by atoms with Crippen LogP contribution in [0, 0.1) is 0 Å². The number of aromatic hydroxyl groups is 1. The molecule has 1 aromatic rings. The number of benzene rings is 1. The molecule has 98 valence electrons. The monoisotopic (exact) mass is 282 g/mol. The fourth-order valence-electron chi connectivity index (χ4n) is 1.42. The van der Waals surface area contributed by atoms with E-state index in [9.17, 15) is 25.5 Å². The Balaban J connectivity index is 3.22. The summed E-state index contributed by atoms with van der Waals surface area (Å²) in [6, 6.07) is 5.68. The van der Waals surface area contributed by atoms with Gasteiger partial charge in [-0.3, -0.25) is 0 Å². The van der Waals surface area contributed by atoms with Gasteiger partial charge in [-0.15, -0.1) is 0 Å². The predicted molar refractivity (Wildman–Crippen MR) is 67.1 cm³/mol. The van der Waals surface area contributed by atoms with Gasteiger partial charge in [-0.2, -0.15) is 0 Å². The average molecular weight is 283 g/mol. The predicted octanol–water partition coefficient (Wildman–Crippen LogP) is 0.940. The molecular formula is C10H16ClO5P. The third-order valence-corrected chi connectivity index (χ3v) is 7.83. The Labute approximate surface area is 104 Å². The van der Waals surface area contributed by atoms with E-state index >= 15 is 0 Å². The van der Waals surface area contributed by atoms with Gasteiger partial charge in [0.1, 0.15) is 0 Å². The summed E-state index contributed by atoms with van der Waals surface area (Å²) in [5.74, 6) is -5.46. The summed E-state index contributed by atoms with van der Waals surface area (Å²) in [5, 5.41) is 47.4. The van der Waals surface area contributed by atoms with Crippen LogP contribution in [0.5, 0.6) is 5.75 Å². The number of phenols is 1. The van der Waals surface area contributed by atoms with Crippen LogP contribution in [0.4, 0.5) is 0 Å². The summed E-state index contributed by atoms with van der Waals surface area (Å²) in [4.78, 5) is 0. The second-order valence-electron chi connectivity index (χ2n) is 4.07. The van der Waals surface area contributed by atoms with Gasteiger partial charge in [-0.05, 0) is 0 Å². The maximum absolute atomic E-state index is 10.1. The van der Waals surface area contributed by atoms with Crippen molar-refractivity contribution in [2.45, 2.75) is 5.85 Å². The van der Waals surface area contributed by atoms with Crippen molar-refractivity contribution in [3.63, 3.8) is 0 Å². The Morgan fingerprint density at radius 2 is 1.65 bits per heavy atom. The van der Waals surface area contributed by atoms with Crippen molar-refractivity contribution in [1.82, 2.24) is 0 Å². The Morgan fingerprint density at radius 3 is 2.06 bits per heavy atom. The zero-order chi connectivity index (χ0) is 13.1. The van der Waals surface area contributed by atoms with E-state index in [1.807, 2.05) is 0 Å². The van der Waals surface area contributed by atoms with Crippen LogP contribution in [0.1, 0.15) is 11.4 Å². The number of aliphatic hydroxyl groups excluding tert-OH is 4. The SMILES string of the molecule is OCP(Cl)(CO)(CO)C(O)c1cccc(O)c1. The first-order valence-electron chi connectivity index (χ1n) is 4.92. The van der Waals surface area contributed by atoms with E-state index in [1.54, 1.807) is 0 Å². The standard InChI is InChI=1S/C10H16ClO5P/c11-17(5-12,6-13,7-14)10(16)8-2-1-3-9(15)4-8/h1-4,10,12-16H,5-7H2. The summed E-state index contributed by atoms with van der Waals surface area (Å²) in [6.07, 6.45) is -2.09. The van der Waals surface area contributed by atoms with Crippen LogP contribution in [-0.4, -0.2) is 44.6 Å². The first kappa shape index (κ1) is 14.6. The maximum atomic E-state index is 10.1. The molecule has 0 aliphatic carbocycles. The van der Waals surface area contributed by atoms with E-state index in [0.29, 0.717) is 0 Å². The molecule has 0 spiro atoms. The molecule has 7 heteroatoms. The van der Waals surface area contributed by atoms with E-state index in [4.69, 9.17) is 11.2 Å². The van der Waals surface area contributed by atoms with Gasteiger partial charge in [0, 0.05) is 0 Å². The van der Waals surface area contributed by atoms with Gasteiger partial charge in [-0.1, -0.05) is 0 Å². The summed E-state index contributed by atoms with van der Waals surface area (Å²) in [5.41, 5.74) is 0.245. The third-order valence-electron chi connectivity index (χ3n) is 2.78. The third kappa shape index (κ3) is 2.55. The number of hydrogen-bond acceptors (Lipinski definition) is 5. The summed E-state index contributed by atoms with van der Waals surface area (Å²) < 4.78 is 0. The fourth-order valence-corrected chi connectivity index (χ4v) is 3.40. The van der Waals surface area contributed by atoms with Crippen LogP contribution in [0.15, 0.2) is 24.3 Å². The average Bonchev–Trinajstić information content (AvgIpc) is 2.37. The Hall–Kier alpha value is -0.420. The molecule has 1 aromatic carbocycles. The van der Waals surface area contributed by atoms with E-state index in [0.717, 1.165) is 0 Å². The zero-order valence-corrected chi connectivity index (χ0v) is 10.7. The normalized spacial score (nSPS) is 16.2. The van der Waals surface area contributed by atoms with Crippen molar-refractivity contribution >= 4 is 17.2 Å². The summed E-state index contributed by atoms with van der Waals surface area (Å²) in [6.45, 7) is 0. The van der Waals surface area contributed by atoms with Crippen molar-refractivity contribution in [3.05, 3.63) is 29.8 Å². The molecule has 5 nitrogen and oxygen atoms in total. The first-order valence-corrected chi connectivity index (χ1v) is 8.68. The Bertz CT molecular complexity index is 385. The van der Waals surface area contributed by atoms with Gasteiger partial charge < -0.3 is 0 Å². The van der Waals surface area contributed by atoms with E-state index < -0.39 is 30.8 Å². The van der Waals surface area contributed by atoms with Gasteiger partial charge in [0.2, 0.25) is 0 Å². The van der Waals surface area contributed by atoms with Gasteiger partial charge in [0.15, 0.2) is 0 Å². The van der Waals surface area contributed by atoms with E-state index in [-0.39, 0.29) is 11.3 Å². The summed E-state index contributed by atoms with van der Waals surface area (Å²) in [7, 11) is 0. The first-order chi connectivity index (χ1) is 7.90. The Morgan fingerprint density at radius 1 is 1.12 bits per heavy atom. The second-order valence-corrected chi connectivity index (χ2v) is 11.5. The molecule has 1 atom stereocenters. The number of phenolic OH excluding ortho intramolecular Hbond substituents is 1. The number of halogens is 1. The molecule has 17 heavy (non-hydrogen) atoms. The van der Waals surface area contributed by atoms with Gasteiger partial charge >= 0.3 is 103 Å². The minimum absolute atomic E-state index is 0.0721. The molecule has 0 bridgehead atoms. The minimum atomic E-state index is -3.98. The molecule has 0 aliphatic rings. The summed E-state index contributed by atoms with van der Waals surface area (Å²) >= 11 is 6.14. The van der Waals surface area contributed by atoms with Crippen LogP contribution in [0.3, 0.4) is 0 Å². The van der Waals surface area contributed by atoms with Crippen LogP contribution < -0.4 is 0 Å². The zero-order valence-electron chi connectivity index (χ0n) is 9.07. The molecule has 1 rings (SSSR count). The Kier molecular flexibility index (Phi) is 4.36. The molecule has 1 unspecified atom stereocenters. The molecule has 0 radical (unpaired) electrons. The van der Waals surface area contributed by atoms with Gasteiger partial charge in [-0.25, -0.2) is 0 Å². The number of hydrogen-bond donors (Lipinski definition) is 5. The number of rotatable bonds is 5. The van der Waals surface area contributed by atoms with Crippen molar-refractivity contribution in [3.8, 4) is 5.75 Å². The van der Waals surface area contributed by atoms with E-state index in [2.05, 4.69) is 0 Å². The molecule has 0 aliphatic heterocycles. The van der Waals surface area contributed by atoms with Gasteiger partial charge in [0.25, 0.3) is 0 Å². The molecule has 5 N–H and O–H groups in total. The quantitative estimate of drug-likeness (QED) is 0.518. The molecule has 0 saturated heterocycles. The molecule has 0 saturated carbocycles. The molecule has 0 heterocycles. The fraction of sp³-hybridized carbons (Fsp3) is 0.400. The second kappa shape index (κ2) is 5.06.